The average Bonchev–Trinajstić information content (AvgIpc) is 2.86. The lowest BCUT2D eigenvalue weighted by Crippen LogP contribution is -2.19. The van der Waals surface area contributed by atoms with Crippen LogP contribution in [0.25, 0.3) is 0 Å². The monoisotopic (exact) mass is 220 g/mol. The van der Waals surface area contributed by atoms with Gasteiger partial charge in [0.1, 0.15) is 5.76 Å². The standard InChI is InChI=1S/C11H16N4O/c1-7(11-8(2)15-16-9(11)3)12-6-10-4-5-13-14-10/h4-5,7,12H,6H2,1-3H3,(H,13,14). The van der Waals surface area contributed by atoms with Crippen molar-refractivity contribution in [1.82, 2.24) is 20.7 Å². The van der Waals surface area contributed by atoms with E-state index in [1.54, 1.807) is 6.20 Å². The average molecular weight is 220 g/mol. The molecule has 0 spiro atoms. The van der Waals surface area contributed by atoms with Gasteiger partial charge in [-0.05, 0) is 26.8 Å². The first-order valence-corrected chi connectivity index (χ1v) is 5.33. The van der Waals surface area contributed by atoms with E-state index in [4.69, 9.17) is 4.52 Å². The number of aryl methyl sites for hydroxylation is 2. The lowest BCUT2D eigenvalue weighted by atomic mass is 10.1. The zero-order valence-corrected chi connectivity index (χ0v) is 9.74. The molecule has 0 radical (unpaired) electrons. The number of nitrogens with one attached hydrogen (secondary N) is 2. The lowest BCUT2D eigenvalue weighted by molar-refractivity contribution is 0.390. The number of hydrogen-bond donors (Lipinski definition) is 2. The molecule has 2 rings (SSSR count). The van der Waals surface area contributed by atoms with Crippen LogP contribution in [0.15, 0.2) is 16.8 Å². The van der Waals surface area contributed by atoms with Crippen LogP contribution in [0.1, 0.15) is 35.7 Å². The zero-order valence-electron chi connectivity index (χ0n) is 9.74. The molecule has 2 N–H and O–H groups in total. The van der Waals surface area contributed by atoms with E-state index in [1.165, 1.54) is 0 Å². The van der Waals surface area contributed by atoms with Crippen molar-refractivity contribution in [3.05, 3.63) is 35.0 Å². The van der Waals surface area contributed by atoms with Crippen molar-refractivity contribution in [2.24, 2.45) is 0 Å². The molecular formula is C11H16N4O. The Morgan fingerprint density at radius 3 is 2.88 bits per heavy atom. The van der Waals surface area contributed by atoms with Crippen LogP contribution >= 0.6 is 0 Å². The van der Waals surface area contributed by atoms with Crippen LogP contribution in [0, 0.1) is 13.8 Å². The van der Waals surface area contributed by atoms with Crippen LogP contribution in [0.2, 0.25) is 0 Å². The van der Waals surface area contributed by atoms with Gasteiger partial charge in [-0.2, -0.15) is 5.10 Å². The van der Waals surface area contributed by atoms with Crippen LogP contribution < -0.4 is 5.32 Å². The van der Waals surface area contributed by atoms with E-state index in [0.717, 1.165) is 29.3 Å². The fourth-order valence-corrected chi connectivity index (χ4v) is 1.86. The van der Waals surface area contributed by atoms with Crippen LogP contribution in [0.3, 0.4) is 0 Å². The molecule has 0 saturated carbocycles. The molecule has 0 aliphatic rings. The van der Waals surface area contributed by atoms with Gasteiger partial charge in [-0.3, -0.25) is 5.10 Å². The second-order valence-electron chi connectivity index (χ2n) is 3.92. The molecule has 0 aliphatic heterocycles. The minimum absolute atomic E-state index is 0.217. The first-order chi connectivity index (χ1) is 7.68. The number of hydrogen-bond acceptors (Lipinski definition) is 4. The molecule has 16 heavy (non-hydrogen) atoms. The fourth-order valence-electron chi connectivity index (χ4n) is 1.86. The van der Waals surface area contributed by atoms with E-state index in [1.807, 2.05) is 19.9 Å². The van der Waals surface area contributed by atoms with Gasteiger partial charge in [0.25, 0.3) is 0 Å². The summed E-state index contributed by atoms with van der Waals surface area (Å²) in [6.07, 6.45) is 1.75. The summed E-state index contributed by atoms with van der Waals surface area (Å²) in [4.78, 5) is 0. The molecule has 2 heterocycles. The maximum atomic E-state index is 5.14. The van der Waals surface area contributed by atoms with Crippen LogP contribution in [-0.2, 0) is 6.54 Å². The number of aromatic nitrogens is 3. The van der Waals surface area contributed by atoms with Gasteiger partial charge < -0.3 is 9.84 Å². The summed E-state index contributed by atoms with van der Waals surface area (Å²) in [7, 11) is 0. The fraction of sp³-hybridized carbons (Fsp3) is 0.455. The summed E-state index contributed by atoms with van der Waals surface area (Å²) in [5.74, 6) is 0.877. The molecule has 2 aromatic rings. The highest BCUT2D eigenvalue weighted by Crippen LogP contribution is 2.20. The lowest BCUT2D eigenvalue weighted by Gasteiger charge is -2.12. The Kier molecular flexibility index (Phi) is 3.05. The van der Waals surface area contributed by atoms with Crippen LogP contribution in [0.5, 0.6) is 0 Å². The summed E-state index contributed by atoms with van der Waals surface area (Å²) >= 11 is 0. The predicted molar refractivity (Wildman–Crippen MR) is 59.8 cm³/mol. The summed E-state index contributed by atoms with van der Waals surface area (Å²) in [6, 6.07) is 2.17. The highest BCUT2D eigenvalue weighted by Gasteiger charge is 2.15. The molecule has 0 aromatic carbocycles. The molecular weight excluding hydrogens is 204 g/mol. The summed E-state index contributed by atoms with van der Waals surface area (Å²) < 4.78 is 5.14. The third-order valence-corrected chi connectivity index (χ3v) is 2.68. The van der Waals surface area contributed by atoms with Crippen molar-refractivity contribution in [3.63, 3.8) is 0 Å². The van der Waals surface area contributed by atoms with E-state index in [0.29, 0.717) is 0 Å². The minimum atomic E-state index is 0.217. The van der Waals surface area contributed by atoms with Crippen molar-refractivity contribution in [3.8, 4) is 0 Å². The van der Waals surface area contributed by atoms with Gasteiger partial charge in [0.15, 0.2) is 0 Å². The second-order valence-corrected chi connectivity index (χ2v) is 3.92. The summed E-state index contributed by atoms with van der Waals surface area (Å²) in [5, 5.41) is 14.2. The van der Waals surface area contributed by atoms with Crippen molar-refractivity contribution in [2.45, 2.75) is 33.4 Å². The normalized spacial score (nSPS) is 12.9. The molecule has 5 heteroatoms. The quantitative estimate of drug-likeness (QED) is 0.825. The Labute approximate surface area is 94.2 Å². The molecule has 0 fully saturated rings. The molecule has 0 bridgehead atoms. The second kappa shape index (κ2) is 4.49. The van der Waals surface area contributed by atoms with Gasteiger partial charge in [-0.25, -0.2) is 0 Å². The van der Waals surface area contributed by atoms with E-state index in [2.05, 4.69) is 27.6 Å². The van der Waals surface area contributed by atoms with Gasteiger partial charge in [-0.15, -0.1) is 0 Å². The van der Waals surface area contributed by atoms with Crippen LogP contribution in [0.4, 0.5) is 0 Å². The van der Waals surface area contributed by atoms with Gasteiger partial charge in [0, 0.05) is 30.0 Å². The van der Waals surface area contributed by atoms with Crippen LogP contribution in [-0.4, -0.2) is 15.4 Å². The SMILES string of the molecule is Cc1noc(C)c1C(C)NCc1ccn[nH]1. The Bertz CT molecular complexity index is 427. The summed E-state index contributed by atoms with van der Waals surface area (Å²) in [6.45, 7) is 6.75. The van der Waals surface area contributed by atoms with E-state index >= 15 is 0 Å². The molecule has 0 amide bonds. The molecule has 1 atom stereocenters. The Balaban J connectivity index is 2.01. The van der Waals surface area contributed by atoms with Crippen molar-refractivity contribution >= 4 is 0 Å². The van der Waals surface area contributed by atoms with Gasteiger partial charge in [-0.1, -0.05) is 5.16 Å². The van der Waals surface area contributed by atoms with Crippen molar-refractivity contribution in [1.29, 1.82) is 0 Å². The highest BCUT2D eigenvalue weighted by molar-refractivity contribution is 5.24. The van der Waals surface area contributed by atoms with Gasteiger partial charge >= 0.3 is 0 Å². The molecule has 0 aliphatic carbocycles. The first-order valence-electron chi connectivity index (χ1n) is 5.33. The maximum absolute atomic E-state index is 5.14. The third kappa shape index (κ3) is 2.14. The molecule has 5 nitrogen and oxygen atoms in total. The summed E-state index contributed by atoms with van der Waals surface area (Å²) in [5.41, 5.74) is 3.15. The Morgan fingerprint density at radius 1 is 1.50 bits per heavy atom. The van der Waals surface area contributed by atoms with E-state index in [-0.39, 0.29) is 6.04 Å². The third-order valence-electron chi connectivity index (χ3n) is 2.68. The predicted octanol–water partition coefficient (Wildman–Crippen LogP) is 1.87. The smallest absolute Gasteiger partial charge is 0.138 e. The zero-order chi connectivity index (χ0) is 11.5. The first kappa shape index (κ1) is 10.9. The number of H-pyrrole nitrogens is 1. The van der Waals surface area contributed by atoms with Crippen molar-refractivity contribution in [2.75, 3.05) is 0 Å². The molecule has 86 valence electrons. The van der Waals surface area contributed by atoms with Crippen molar-refractivity contribution < 1.29 is 4.52 Å². The number of nitrogens with zero attached hydrogens (tertiary/aromatic N) is 2. The van der Waals surface area contributed by atoms with E-state index < -0.39 is 0 Å². The minimum Gasteiger partial charge on any atom is -0.361 e. The largest absolute Gasteiger partial charge is 0.361 e. The molecule has 0 saturated heterocycles. The topological polar surface area (TPSA) is 66.7 Å². The highest BCUT2D eigenvalue weighted by atomic mass is 16.5. The van der Waals surface area contributed by atoms with E-state index in [9.17, 15) is 0 Å². The Morgan fingerprint density at radius 2 is 2.31 bits per heavy atom. The number of aromatic amines is 1. The maximum Gasteiger partial charge on any atom is 0.138 e. The number of rotatable bonds is 4. The molecule has 1 unspecified atom stereocenters. The van der Waals surface area contributed by atoms with Gasteiger partial charge in [0.05, 0.1) is 5.69 Å². The Hall–Kier alpha value is -1.62. The molecule has 2 aromatic heterocycles. The van der Waals surface area contributed by atoms with Gasteiger partial charge in [0.2, 0.25) is 0 Å².